The van der Waals surface area contributed by atoms with Gasteiger partial charge in [-0.05, 0) is 39.1 Å². The third-order valence-corrected chi connectivity index (χ3v) is 4.66. The summed E-state index contributed by atoms with van der Waals surface area (Å²) in [4.78, 5) is 19.0. The molecule has 130 valence electrons. The number of likely N-dealkylation sites (N-methyl/N-ethyl adjacent to an activating group) is 1. The van der Waals surface area contributed by atoms with E-state index in [4.69, 9.17) is 16.3 Å². The number of benzene rings is 1. The van der Waals surface area contributed by atoms with E-state index < -0.39 is 0 Å². The number of nitrogens with zero attached hydrogens (tertiary/aromatic N) is 4. The van der Waals surface area contributed by atoms with Crippen LogP contribution in [-0.4, -0.2) is 44.5 Å². The summed E-state index contributed by atoms with van der Waals surface area (Å²) in [7, 11) is 2.07. The average molecular weight is 358 g/mol. The molecule has 1 aliphatic rings. The number of aromatic nitrogens is 4. The van der Waals surface area contributed by atoms with Crippen molar-refractivity contribution in [2.75, 3.05) is 13.6 Å². The summed E-state index contributed by atoms with van der Waals surface area (Å²) in [5.74, 6) is 2.41. The normalized spacial score (nSPS) is 16.4. The van der Waals surface area contributed by atoms with Crippen LogP contribution in [0.3, 0.4) is 0 Å². The maximum atomic E-state index is 6.03. The van der Waals surface area contributed by atoms with Gasteiger partial charge < -0.3 is 9.72 Å². The number of halogens is 1. The Hall–Kier alpha value is -2.18. The van der Waals surface area contributed by atoms with Gasteiger partial charge in [0.15, 0.2) is 0 Å². The molecule has 0 aliphatic carbocycles. The summed E-state index contributed by atoms with van der Waals surface area (Å²) in [6.07, 6.45) is 0.940. The first kappa shape index (κ1) is 16.3. The van der Waals surface area contributed by atoms with E-state index in [-0.39, 0.29) is 6.10 Å². The number of H-pyrrole nitrogens is 1. The van der Waals surface area contributed by atoms with Gasteiger partial charge in [-0.1, -0.05) is 11.6 Å². The lowest BCUT2D eigenvalue weighted by atomic mass is 10.1. The number of imidazole rings is 1. The van der Waals surface area contributed by atoms with E-state index in [1.165, 1.54) is 0 Å². The van der Waals surface area contributed by atoms with E-state index in [0.29, 0.717) is 11.6 Å². The van der Waals surface area contributed by atoms with Crippen molar-refractivity contribution in [3.63, 3.8) is 0 Å². The van der Waals surface area contributed by atoms with E-state index in [0.717, 1.165) is 52.8 Å². The van der Waals surface area contributed by atoms with Crippen molar-refractivity contribution in [2.24, 2.45) is 0 Å². The number of fused-ring (bicyclic) bond motifs is 2. The van der Waals surface area contributed by atoms with Gasteiger partial charge in [0.25, 0.3) is 0 Å². The highest BCUT2D eigenvalue weighted by molar-refractivity contribution is 6.31. The zero-order chi connectivity index (χ0) is 17.6. The second kappa shape index (κ2) is 6.28. The molecule has 0 spiro atoms. The first-order chi connectivity index (χ1) is 12.0. The molecule has 0 amide bonds. The van der Waals surface area contributed by atoms with E-state index in [1.807, 2.05) is 32.0 Å². The lowest BCUT2D eigenvalue weighted by Crippen LogP contribution is -2.32. The highest BCUT2D eigenvalue weighted by Gasteiger charge is 2.27. The van der Waals surface area contributed by atoms with Crippen LogP contribution in [0.5, 0.6) is 5.88 Å². The summed E-state index contributed by atoms with van der Waals surface area (Å²) in [5, 5.41) is 0.708. The molecule has 7 heteroatoms. The zero-order valence-electron chi connectivity index (χ0n) is 14.5. The monoisotopic (exact) mass is 357 g/mol. The fourth-order valence-corrected chi connectivity index (χ4v) is 3.52. The van der Waals surface area contributed by atoms with Crippen molar-refractivity contribution in [2.45, 2.75) is 32.9 Å². The van der Waals surface area contributed by atoms with Crippen molar-refractivity contribution in [1.82, 2.24) is 24.8 Å². The van der Waals surface area contributed by atoms with Gasteiger partial charge in [0.2, 0.25) is 5.88 Å². The number of nitrogens with one attached hydrogen (secondary N) is 1. The number of hydrogen-bond donors (Lipinski definition) is 1. The molecule has 2 aromatic heterocycles. The summed E-state index contributed by atoms with van der Waals surface area (Å²) in [5.41, 5.74) is 4.03. The summed E-state index contributed by atoms with van der Waals surface area (Å²) in [6.45, 7) is 5.42. The second-order valence-corrected chi connectivity index (χ2v) is 7.06. The minimum atomic E-state index is 0.0913. The van der Waals surface area contributed by atoms with E-state index in [1.54, 1.807) is 0 Å². The van der Waals surface area contributed by atoms with Crippen LogP contribution in [0.4, 0.5) is 0 Å². The maximum Gasteiger partial charge on any atom is 0.220 e. The smallest absolute Gasteiger partial charge is 0.220 e. The van der Waals surface area contributed by atoms with Crippen LogP contribution < -0.4 is 4.74 Å². The highest BCUT2D eigenvalue weighted by Crippen LogP contribution is 2.29. The van der Waals surface area contributed by atoms with Gasteiger partial charge in [0, 0.05) is 29.2 Å². The highest BCUT2D eigenvalue weighted by atomic mass is 35.5. The molecule has 1 N–H and O–H groups in total. The zero-order valence-corrected chi connectivity index (χ0v) is 15.3. The molecule has 0 bridgehead atoms. The predicted octanol–water partition coefficient (Wildman–Crippen LogP) is 3.06. The first-order valence-electron chi connectivity index (χ1n) is 8.31. The van der Waals surface area contributed by atoms with Crippen LogP contribution in [0, 0.1) is 13.8 Å². The Morgan fingerprint density at radius 2 is 2.12 bits per heavy atom. The first-order valence-corrected chi connectivity index (χ1v) is 8.69. The molecule has 0 saturated carbocycles. The minimum Gasteiger partial charge on any atom is -0.472 e. The van der Waals surface area contributed by atoms with Gasteiger partial charge in [-0.15, -0.1) is 0 Å². The molecule has 3 heterocycles. The number of rotatable bonds is 4. The van der Waals surface area contributed by atoms with Crippen LogP contribution in [-0.2, 0) is 13.0 Å². The average Bonchev–Trinajstić information content (AvgIpc) is 3.09. The molecule has 1 aliphatic heterocycles. The van der Waals surface area contributed by atoms with Gasteiger partial charge in [-0.2, -0.15) is 4.98 Å². The van der Waals surface area contributed by atoms with Crippen LogP contribution in [0.15, 0.2) is 18.2 Å². The molecular weight excluding hydrogens is 338 g/mol. The largest absolute Gasteiger partial charge is 0.472 e. The van der Waals surface area contributed by atoms with Crippen molar-refractivity contribution < 1.29 is 4.74 Å². The Bertz CT molecular complexity index is 939. The molecule has 1 unspecified atom stereocenters. The molecule has 0 saturated heterocycles. The van der Waals surface area contributed by atoms with Crippen molar-refractivity contribution in [1.29, 1.82) is 0 Å². The van der Waals surface area contributed by atoms with Crippen molar-refractivity contribution in [3.8, 4) is 5.88 Å². The standard InChI is InChI=1S/C18H20ClN5O/c1-10-14-7-13(25-18(14)21-11(2)20-10)8-24(3)9-17-22-15-5-4-12(19)6-16(15)23-17/h4-6,13H,7-9H2,1-3H3,(H,22,23). The quantitative estimate of drug-likeness (QED) is 0.777. The lowest BCUT2D eigenvalue weighted by Gasteiger charge is -2.19. The fraction of sp³-hybridized carbons (Fsp3) is 0.389. The fourth-order valence-electron chi connectivity index (χ4n) is 3.34. The Morgan fingerprint density at radius 3 is 2.96 bits per heavy atom. The number of hydrogen-bond acceptors (Lipinski definition) is 5. The molecule has 1 atom stereocenters. The number of ether oxygens (including phenoxy) is 1. The molecule has 3 aromatic rings. The predicted molar refractivity (Wildman–Crippen MR) is 97.1 cm³/mol. The van der Waals surface area contributed by atoms with Crippen LogP contribution in [0.1, 0.15) is 22.9 Å². The Kier molecular flexibility index (Phi) is 4.09. The number of aryl methyl sites for hydroxylation is 2. The second-order valence-electron chi connectivity index (χ2n) is 6.63. The van der Waals surface area contributed by atoms with Gasteiger partial charge in [-0.25, -0.2) is 9.97 Å². The SMILES string of the molecule is Cc1nc(C)c2c(n1)OC(CN(C)Cc1nc3ccc(Cl)cc3[nH]1)C2. The van der Waals surface area contributed by atoms with Gasteiger partial charge in [0.1, 0.15) is 17.8 Å². The van der Waals surface area contributed by atoms with Gasteiger partial charge in [-0.3, -0.25) is 4.90 Å². The Balaban J connectivity index is 1.42. The van der Waals surface area contributed by atoms with Crippen molar-refractivity contribution in [3.05, 3.63) is 46.1 Å². The summed E-state index contributed by atoms with van der Waals surface area (Å²) in [6, 6.07) is 5.68. The van der Waals surface area contributed by atoms with Gasteiger partial charge in [0.05, 0.1) is 17.6 Å². The molecule has 0 fully saturated rings. The molecule has 1 aromatic carbocycles. The van der Waals surface area contributed by atoms with Crippen molar-refractivity contribution >= 4 is 22.6 Å². The van der Waals surface area contributed by atoms with Crippen LogP contribution in [0.2, 0.25) is 5.02 Å². The van der Waals surface area contributed by atoms with E-state index in [9.17, 15) is 0 Å². The van der Waals surface area contributed by atoms with E-state index >= 15 is 0 Å². The third kappa shape index (κ3) is 3.32. The minimum absolute atomic E-state index is 0.0913. The third-order valence-electron chi connectivity index (χ3n) is 4.43. The lowest BCUT2D eigenvalue weighted by molar-refractivity contribution is 0.159. The summed E-state index contributed by atoms with van der Waals surface area (Å²) < 4.78 is 6.01. The molecule has 0 radical (unpaired) electrons. The molecule has 6 nitrogen and oxygen atoms in total. The molecular formula is C18H20ClN5O. The maximum absolute atomic E-state index is 6.03. The van der Waals surface area contributed by atoms with Crippen LogP contribution >= 0.6 is 11.6 Å². The summed E-state index contributed by atoms with van der Waals surface area (Å²) >= 11 is 6.03. The Morgan fingerprint density at radius 1 is 1.28 bits per heavy atom. The van der Waals surface area contributed by atoms with Gasteiger partial charge >= 0.3 is 0 Å². The van der Waals surface area contributed by atoms with E-state index in [2.05, 4.69) is 31.9 Å². The molecule has 4 rings (SSSR count). The topological polar surface area (TPSA) is 66.9 Å². The van der Waals surface area contributed by atoms with Crippen LogP contribution in [0.25, 0.3) is 11.0 Å². The Labute approximate surface area is 151 Å². The number of aromatic amines is 1. The molecule has 25 heavy (non-hydrogen) atoms.